The fraction of sp³-hybridized carbons (Fsp3) is 0.364. The van der Waals surface area contributed by atoms with Gasteiger partial charge >= 0.3 is 0 Å². The Morgan fingerprint density at radius 3 is 2.93 bits per heavy atom. The molecule has 0 bridgehead atoms. The molecule has 76 valence electrons. The minimum Gasteiger partial charge on any atom is -0.411 e. The van der Waals surface area contributed by atoms with Crippen LogP contribution in [0.4, 0.5) is 0 Å². The van der Waals surface area contributed by atoms with Crippen molar-refractivity contribution < 1.29 is 5.21 Å². The molecule has 0 aliphatic rings. The number of allylic oxidation sites excluding steroid dienone is 1. The predicted octanol–water partition coefficient (Wildman–Crippen LogP) is 3.64. The summed E-state index contributed by atoms with van der Waals surface area (Å²) in [5, 5.41) is 16.1. The van der Waals surface area contributed by atoms with E-state index in [0.29, 0.717) is 5.92 Å². The zero-order chi connectivity index (χ0) is 10.4. The first-order chi connectivity index (χ1) is 6.72. The Kier molecular flexibility index (Phi) is 4.40. The van der Waals surface area contributed by atoms with Crippen LogP contribution in [0, 0.1) is 5.92 Å². The number of oxime groups is 1. The molecule has 0 unspecified atom stereocenters. The predicted molar refractivity (Wildman–Crippen MR) is 62.0 cm³/mol. The van der Waals surface area contributed by atoms with Crippen LogP contribution in [0.15, 0.2) is 28.1 Å². The van der Waals surface area contributed by atoms with Gasteiger partial charge in [-0.1, -0.05) is 25.1 Å². The van der Waals surface area contributed by atoms with Gasteiger partial charge in [-0.15, -0.1) is 0 Å². The third kappa shape index (κ3) is 3.75. The van der Waals surface area contributed by atoms with Gasteiger partial charge in [-0.05, 0) is 40.8 Å². The van der Waals surface area contributed by atoms with Crippen LogP contribution in [0.3, 0.4) is 0 Å². The lowest BCUT2D eigenvalue weighted by Gasteiger charge is -2.01. The third-order valence-corrected chi connectivity index (χ3v) is 2.46. The van der Waals surface area contributed by atoms with Gasteiger partial charge in [0, 0.05) is 0 Å². The van der Waals surface area contributed by atoms with Crippen molar-refractivity contribution in [3.8, 4) is 0 Å². The summed E-state index contributed by atoms with van der Waals surface area (Å²) in [6.07, 6.45) is 4.63. The molecule has 14 heavy (non-hydrogen) atoms. The summed E-state index contributed by atoms with van der Waals surface area (Å²) in [6, 6.07) is 2.03. The highest BCUT2D eigenvalue weighted by molar-refractivity contribution is 7.08. The van der Waals surface area contributed by atoms with Gasteiger partial charge in [0.25, 0.3) is 0 Å². The van der Waals surface area contributed by atoms with Gasteiger partial charge in [0.1, 0.15) is 0 Å². The van der Waals surface area contributed by atoms with Crippen LogP contribution in [0.25, 0.3) is 6.08 Å². The normalized spacial score (nSPS) is 12.9. The lowest BCUT2D eigenvalue weighted by atomic mass is 10.1. The molecule has 0 atom stereocenters. The molecule has 1 heterocycles. The van der Waals surface area contributed by atoms with Crippen LogP contribution in [-0.4, -0.2) is 10.9 Å². The average Bonchev–Trinajstić information content (AvgIpc) is 2.64. The molecule has 1 rings (SSSR count). The van der Waals surface area contributed by atoms with E-state index in [9.17, 15) is 0 Å². The van der Waals surface area contributed by atoms with Crippen molar-refractivity contribution in [2.45, 2.75) is 20.3 Å². The van der Waals surface area contributed by atoms with E-state index in [0.717, 1.165) is 17.7 Å². The van der Waals surface area contributed by atoms with Gasteiger partial charge in [-0.2, -0.15) is 11.3 Å². The standard InChI is InChI=1S/C11H15NOS/c1-9(2)7-11(12-13)4-3-10-5-6-14-8-10/h3-6,8-9,13H,7H2,1-2H3/b4-3+,12-11+. The smallest absolute Gasteiger partial charge is 0.0798 e. The van der Waals surface area contributed by atoms with E-state index in [1.54, 1.807) is 11.3 Å². The Bertz CT molecular complexity index is 312. The Morgan fingerprint density at radius 2 is 2.43 bits per heavy atom. The lowest BCUT2D eigenvalue weighted by Crippen LogP contribution is -1.99. The van der Waals surface area contributed by atoms with Crippen molar-refractivity contribution in [1.82, 2.24) is 0 Å². The molecule has 1 N–H and O–H groups in total. The zero-order valence-corrected chi connectivity index (χ0v) is 9.29. The van der Waals surface area contributed by atoms with Crippen LogP contribution in [-0.2, 0) is 0 Å². The lowest BCUT2D eigenvalue weighted by molar-refractivity contribution is 0.317. The summed E-state index contributed by atoms with van der Waals surface area (Å²) < 4.78 is 0. The second kappa shape index (κ2) is 5.60. The average molecular weight is 209 g/mol. The first-order valence-electron chi connectivity index (χ1n) is 4.63. The van der Waals surface area contributed by atoms with E-state index in [1.807, 2.05) is 23.6 Å². The van der Waals surface area contributed by atoms with Crippen LogP contribution in [0.1, 0.15) is 25.8 Å². The Labute approximate surface area is 88.6 Å². The SMILES string of the molecule is CC(C)CC(/C=C/c1ccsc1)=N/O. The Hall–Kier alpha value is -1.09. The maximum Gasteiger partial charge on any atom is 0.0798 e. The molecule has 1 aromatic rings. The second-order valence-electron chi connectivity index (χ2n) is 3.58. The van der Waals surface area contributed by atoms with Crippen molar-refractivity contribution in [1.29, 1.82) is 0 Å². The third-order valence-electron chi connectivity index (χ3n) is 1.76. The van der Waals surface area contributed by atoms with Gasteiger partial charge in [-0.3, -0.25) is 0 Å². The van der Waals surface area contributed by atoms with E-state index in [-0.39, 0.29) is 0 Å². The molecule has 3 heteroatoms. The summed E-state index contributed by atoms with van der Waals surface area (Å²) in [7, 11) is 0. The summed E-state index contributed by atoms with van der Waals surface area (Å²) in [5.74, 6) is 0.507. The molecule has 0 saturated heterocycles. The Morgan fingerprint density at radius 1 is 1.64 bits per heavy atom. The minimum atomic E-state index is 0.507. The van der Waals surface area contributed by atoms with Crippen LogP contribution < -0.4 is 0 Å². The highest BCUT2D eigenvalue weighted by Gasteiger charge is 1.99. The molecular weight excluding hydrogens is 194 g/mol. The largest absolute Gasteiger partial charge is 0.411 e. The van der Waals surface area contributed by atoms with Gasteiger partial charge < -0.3 is 5.21 Å². The molecule has 2 nitrogen and oxygen atoms in total. The van der Waals surface area contributed by atoms with E-state index < -0.39 is 0 Å². The molecule has 0 spiro atoms. The topological polar surface area (TPSA) is 32.6 Å². The van der Waals surface area contributed by atoms with Crippen LogP contribution >= 0.6 is 11.3 Å². The fourth-order valence-corrected chi connectivity index (χ4v) is 1.75. The van der Waals surface area contributed by atoms with Crippen molar-refractivity contribution in [2.75, 3.05) is 0 Å². The molecule has 0 aliphatic carbocycles. The molecule has 0 aromatic carbocycles. The van der Waals surface area contributed by atoms with Gasteiger partial charge in [0.2, 0.25) is 0 Å². The Balaban J connectivity index is 2.57. The first-order valence-corrected chi connectivity index (χ1v) is 5.58. The van der Waals surface area contributed by atoms with Crippen molar-refractivity contribution in [2.24, 2.45) is 11.1 Å². The van der Waals surface area contributed by atoms with Gasteiger partial charge in [0.05, 0.1) is 5.71 Å². The number of nitrogens with zero attached hydrogens (tertiary/aromatic N) is 1. The quantitative estimate of drug-likeness (QED) is 0.458. The summed E-state index contributed by atoms with van der Waals surface area (Å²) >= 11 is 1.66. The number of hydrogen-bond donors (Lipinski definition) is 1. The molecule has 0 saturated carbocycles. The number of rotatable bonds is 4. The number of thiophene rings is 1. The molecule has 0 fully saturated rings. The second-order valence-corrected chi connectivity index (χ2v) is 4.36. The van der Waals surface area contributed by atoms with Crippen molar-refractivity contribution >= 4 is 23.1 Å². The van der Waals surface area contributed by atoms with E-state index >= 15 is 0 Å². The maximum atomic E-state index is 8.74. The molecule has 0 aliphatic heterocycles. The summed E-state index contributed by atoms with van der Waals surface area (Å²) in [4.78, 5) is 0. The highest BCUT2D eigenvalue weighted by atomic mass is 32.1. The van der Waals surface area contributed by atoms with Gasteiger partial charge in [-0.25, -0.2) is 0 Å². The fourth-order valence-electron chi connectivity index (χ4n) is 1.12. The molecule has 0 amide bonds. The molecular formula is C11H15NOS. The van der Waals surface area contributed by atoms with E-state index in [2.05, 4.69) is 24.4 Å². The van der Waals surface area contributed by atoms with Gasteiger partial charge in [0.15, 0.2) is 0 Å². The molecule has 0 radical (unpaired) electrons. The minimum absolute atomic E-state index is 0.507. The first kappa shape index (κ1) is 11.0. The zero-order valence-electron chi connectivity index (χ0n) is 8.47. The molecule has 1 aromatic heterocycles. The summed E-state index contributed by atoms with van der Waals surface area (Å²) in [5.41, 5.74) is 1.88. The maximum absolute atomic E-state index is 8.74. The van der Waals surface area contributed by atoms with E-state index in [1.165, 1.54) is 0 Å². The van der Waals surface area contributed by atoms with Crippen LogP contribution in [0.5, 0.6) is 0 Å². The van der Waals surface area contributed by atoms with Crippen molar-refractivity contribution in [3.63, 3.8) is 0 Å². The monoisotopic (exact) mass is 209 g/mol. The highest BCUT2D eigenvalue weighted by Crippen LogP contribution is 2.09. The van der Waals surface area contributed by atoms with E-state index in [4.69, 9.17) is 5.21 Å². The van der Waals surface area contributed by atoms with Crippen molar-refractivity contribution in [3.05, 3.63) is 28.5 Å². The van der Waals surface area contributed by atoms with Crippen LogP contribution in [0.2, 0.25) is 0 Å². The number of hydrogen-bond acceptors (Lipinski definition) is 3. The summed E-state index contributed by atoms with van der Waals surface area (Å²) in [6.45, 7) is 4.20.